The Morgan fingerprint density at radius 3 is 2.02 bits per heavy atom. The highest BCUT2D eigenvalue weighted by atomic mass is 16.6. The standard InChI is InChI=1S/C42H46N2O6/c1-7-11-29-20-30(21-36(49-6)40(29)50-26-28-14-16-31(17-15-28)44(47)48)37-38-32(22-41(2,3)24-34(38)45)43(19-18-27-12-9-8-10-13-27)33-23-42(4,5)25-35(46)39(33)37/h7-10,12-17,20-21,37H,1,11,18-19,22-26H2,2-6H3. The van der Waals surface area contributed by atoms with E-state index < -0.39 is 10.8 Å². The molecule has 0 fully saturated rings. The summed E-state index contributed by atoms with van der Waals surface area (Å²) in [5.41, 5.74) is 6.68. The molecule has 0 amide bonds. The Kier molecular flexibility index (Phi) is 9.58. The molecular formula is C42H46N2O6. The molecule has 0 aromatic heterocycles. The molecule has 260 valence electrons. The number of ether oxygens (including phenoxy) is 2. The van der Waals surface area contributed by atoms with E-state index in [1.807, 2.05) is 30.3 Å². The summed E-state index contributed by atoms with van der Waals surface area (Å²) in [7, 11) is 1.58. The van der Waals surface area contributed by atoms with Crippen LogP contribution >= 0.6 is 0 Å². The van der Waals surface area contributed by atoms with Crippen molar-refractivity contribution in [1.82, 2.24) is 4.90 Å². The molecule has 8 nitrogen and oxygen atoms in total. The molecule has 0 N–H and O–H groups in total. The lowest BCUT2D eigenvalue weighted by Crippen LogP contribution is -2.45. The van der Waals surface area contributed by atoms with Gasteiger partial charge in [-0.15, -0.1) is 6.58 Å². The van der Waals surface area contributed by atoms with Gasteiger partial charge in [0.25, 0.3) is 5.69 Å². The van der Waals surface area contributed by atoms with Gasteiger partial charge in [-0.2, -0.15) is 0 Å². The van der Waals surface area contributed by atoms with E-state index in [1.54, 1.807) is 25.3 Å². The zero-order chi connectivity index (χ0) is 35.8. The van der Waals surface area contributed by atoms with Crippen molar-refractivity contribution in [2.24, 2.45) is 10.8 Å². The normalized spacial score (nSPS) is 18.5. The van der Waals surface area contributed by atoms with Gasteiger partial charge < -0.3 is 14.4 Å². The average molecular weight is 675 g/mol. The fourth-order valence-corrected chi connectivity index (χ4v) is 7.88. The van der Waals surface area contributed by atoms with Crippen molar-refractivity contribution in [2.45, 2.75) is 78.7 Å². The number of allylic oxidation sites excluding steroid dienone is 5. The lowest BCUT2D eigenvalue weighted by Gasteiger charge is -2.49. The largest absolute Gasteiger partial charge is 0.493 e. The van der Waals surface area contributed by atoms with Gasteiger partial charge in [0.2, 0.25) is 0 Å². The van der Waals surface area contributed by atoms with Crippen LogP contribution in [0.5, 0.6) is 11.5 Å². The Morgan fingerprint density at radius 2 is 1.48 bits per heavy atom. The molecular weight excluding hydrogens is 628 g/mol. The predicted octanol–water partition coefficient (Wildman–Crippen LogP) is 8.84. The zero-order valence-corrected chi connectivity index (χ0v) is 29.7. The Labute approximate surface area is 294 Å². The number of carbonyl (C=O) groups is 2. The first-order valence-electron chi connectivity index (χ1n) is 17.3. The number of rotatable bonds is 11. The van der Waals surface area contributed by atoms with Crippen LogP contribution in [-0.4, -0.2) is 35.0 Å². The van der Waals surface area contributed by atoms with Crippen molar-refractivity contribution in [1.29, 1.82) is 0 Å². The number of non-ortho nitro benzene ring substituents is 1. The second-order valence-corrected chi connectivity index (χ2v) is 15.3. The number of carbonyl (C=O) groups excluding carboxylic acids is 2. The molecule has 0 radical (unpaired) electrons. The number of hydrogen-bond donors (Lipinski definition) is 0. The zero-order valence-electron chi connectivity index (χ0n) is 29.7. The fourth-order valence-electron chi connectivity index (χ4n) is 7.88. The maximum atomic E-state index is 14.4. The first kappa shape index (κ1) is 34.9. The SMILES string of the molecule is C=CCc1cc(C2C3=C(CC(C)(C)CC3=O)N(CCc3ccccc3)C3=C2C(=O)CC(C)(C)C3)cc(OC)c1OCc1ccc([N+](=O)[O-])cc1. The number of hydrogen-bond acceptors (Lipinski definition) is 7. The van der Waals surface area contributed by atoms with Gasteiger partial charge in [-0.05, 0) is 71.4 Å². The molecule has 8 heteroatoms. The van der Waals surface area contributed by atoms with Gasteiger partial charge in [0.05, 0.1) is 12.0 Å². The molecule has 0 atom stereocenters. The summed E-state index contributed by atoms with van der Waals surface area (Å²) in [6.07, 6.45) is 5.33. The van der Waals surface area contributed by atoms with Gasteiger partial charge in [-0.1, -0.05) is 70.2 Å². The Hall–Kier alpha value is -4.98. The molecule has 0 saturated carbocycles. The molecule has 2 aliphatic carbocycles. The number of ketones is 2. The third kappa shape index (κ3) is 7.02. The lowest BCUT2D eigenvalue weighted by atomic mass is 9.63. The van der Waals surface area contributed by atoms with E-state index in [2.05, 4.69) is 51.3 Å². The third-order valence-corrected chi connectivity index (χ3v) is 10.1. The van der Waals surface area contributed by atoms with Gasteiger partial charge in [-0.25, -0.2) is 0 Å². The predicted molar refractivity (Wildman–Crippen MR) is 194 cm³/mol. The number of nitro benzene ring substituents is 1. The van der Waals surface area contributed by atoms with Crippen LogP contribution < -0.4 is 9.47 Å². The van der Waals surface area contributed by atoms with E-state index in [0.717, 1.165) is 58.5 Å². The molecule has 1 heterocycles. The van der Waals surface area contributed by atoms with E-state index in [0.29, 0.717) is 37.3 Å². The van der Waals surface area contributed by atoms with E-state index >= 15 is 0 Å². The minimum absolute atomic E-state index is 0.0118. The van der Waals surface area contributed by atoms with Gasteiger partial charge >= 0.3 is 0 Å². The van der Waals surface area contributed by atoms with Crippen molar-refractivity contribution in [3.05, 3.63) is 134 Å². The lowest BCUT2D eigenvalue weighted by molar-refractivity contribution is -0.384. The third-order valence-electron chi connectivity index (χ3n) is 10.1. The molecule has 0 spiro atoms. The van der Waals surface area contributed by atoms with Crippen LogP contribution in [0.25, 0.3) is 0 Å². The molecule has 3 aliphatic rings. The number of methoxy groups -OCH3 is 1. The molecule has 6 rings (SSSR count). The number of benzene rings is 3. The van der Waals surface area contributed by atoms with Crippen LogP contribution in [0.1, 0.15) is 81.5 Å². The van der Waals surface area contributed by atoms with Crippen molar-refractivity contribution < 1.29 is 24.0 Å². The summed E-state index contributed by atoms with van der Waals surface area (Å²) in [5, 5.41) is 11.1. The minimum Gasteiger partial charge on any atom is -0.493 e. The molecule has 0 saturated heterocycles. The van der Waals surface area contributed by atoms with Crippen LogP contribution in [0.3, 0.4) is 0 Å². The summed E-state index contributed by atoms with van der Waals surface area (Å²) >= 11 is 0. The fraction of sp³-hybridized carbons (Fsp3) is 0.381. The quantitative estimate of drug-likeness (QED) is 0.114. The number of nitrogens with zero attached hydrogens (tertiary/aromatic N) is 2. The first-order chi connectivity index (χ1) is 23.8. The van der Waals surface area contributed by atoms with E-state index in [1.165, 1.54) is 17.7 Å². The van der Waals surface area contributed by atoms with Crippen molar-refractivity contribution in [3.8, 4) is 11.5 Å². The van der Waals surface area contributed by atoms with Crippen molar-refractivity contribution in [3.63, 3.8) is 0 Å². The van der Waals surface area contributed by atoms with Crippen LogP contribution in [0.2, 0.25) is 0 Å². The second-order valence-electron chi connectivity index (χ2n) is 15.3. The summed E-state index contributed by atoms with van der Waals surface area (Å²) in [6, 6.07) is 20.6. The molecule has 1 aliphatic heterocycles. The molecule has 0 bridgehead atoms. The van der Waals surface area contributed by atoms with E-state index in [9.17, 15) is 19.7 Å². The first-order valence-corrected chi connectivity index (χ1v) is 17.3. The van der Waals surface area contributed by atoms with Crippen molar-refractivity contribution >= 4 is 17.3 Å². The Morgan fingerprint density at radius 1 is 0.880 bits per heavy atom. The summed E-state index contributed by atoms with van der Waals surface area (Å²) in [6.45, 7) is 13.5. The smallest absolute Gasteiger partial charge is 0.269 e. The average Bonchev–Trinajstić information content (AvgIpc) is 3.06. The number of Topliss-reactive ketones (excluding diaryl/α,β-unsaturated/α-hetero) is 2. The van der Waals surface area contributed by atoms with E-state index in [4.69, 9.17) is 9.47 Å². The molecule has 3 aromatic rings. The van der Waals surface area contributed by atoms with Gasteiger partial charge in [-0.3, -0.25) is 19.7 Å². The molecule has 3 aromatic carbocycles. The summed E-state index contributed by atoms with van der Waals surface area (Å²) in [4.78, 5) is 41.8. The number of nitro groups is 1. The van der Waals surface area contributed by atoms with Crippen LogP contribution in [0, 0.1) is 20.9 Å². The van der Waals surface area contributed by atoms with Gasteiger partial charge in [0, 0.05) is 65.5 Å². The minimum atomic E-state index is -0.527. The Bertz CT molecular complexity index is 1850. The van der Waals surface area contributed by atoms with Crippen LogP contribution in [0.15, 0.2) is 102 Å². The highest BCUT2D eigenvalue weighted by Gasteiger charge is 2.49. The molecule has 0 unspecified atom stereocenters. The monoisotopic (exact) mass is 674 g/mol. The second kappa shape index (κ2) is 13.7. The summed E-state index contributed by atoms with van der Waals surface area (Å²) < 4.78 is 12.3. The maximum absolute atomic E-state index is 14.4. The van der Waals surface area contributed by atoms with Gasteiger partial charge in [0.15, 0.2) is 23.1 Å². The van der Waals surface area contributed by atoms with E-state index in [-0.39, 0.29) is 34.7 Å². The van der Waals surface area contributed by atoms with Gasteiger partial charge in [0.1, 0.15) is 6.61 Å². The highest BCUT2D eigenvalue weighted by Crippen LogP contribution is 2.55. The maximum Gasteiger partial charge on any atom is 0.269 e. The topological polar surface area (TPSA) is 99.0 Å². The highest BCUT2D eigenvalue weighted by molar-refractivity contribution is 6.07. The van der Waals surface area contributed by atoms with Crippen LogP contribution in [0.4, 0.5) is 5.69 Å². The Balaban J connectivity index is 1.48. The van der Waals surface area contributed by atoms with Crippen LogP contribution in [-0.2, 0) is 29.0 Å². The molecule has 50 heavy (non-hydrogen) atoms. The van der Waals surface area contributed by atoms with Crippen molar-refractivity contribution in [2.75, 3.05) is 13.7 Å². The summed E-state index contributed by atoms with van der Waals surface area (Å²) in [5.74, 6) is 0.659.